The van der Waals surface area contributed by atoms with E-state index in [1.807, 2.05) is 24.3 Å². The quantitative estimate of drug-likeness (QED) is 0.217. The summed E-state index contributed by atoms with van der Waals surface area (Å²) in [6.07, 6.45) is 2.72. The summed E-state index contributed by atoms with van der Waals surface area (Å²) >= 11 is 3.36. The van der Waals surface area contributed by atoms with Gasteiger partial charge in [-0.3, -0.25) is 14.9 Å². The van der Waals surface area contributed by atoms with Crippen molar-refractivity contribution in [2.45, 2.75) is 6.61 Å². The Morgan fingerprint density at radius 1 is 1.11 bits per heavy atom. The van der Waals surface area contributed by atoms with E-state index in [9.17, 15) is 14.9 Å². The number of furan rings is 1. The van der Waals surface area contributed by atoms with Crippen molar-refractivity contribution >= 4 is 33.5 Å². The molecule has 0 N–H and O–H groups in total. The summed E-state index contributed by atoms with van der Waals surface area (Å²) in [7, 11) is 0. The number of ketones is 1. The maximum atomic E-state index is 12.2. The van der Waals surface area contributed by atoms with Crippen LogP contribution in [0.1, 0.15) is 21.9 Å². The zero-order chi connectivity index (χ0) is 19.2. The topological polar surface area (TPSA) is 82.6 Å². The van der Waals surface area contributed by atoms with E-state index in [2.05, 4.69) is 15.9 Å². The molecule has 3 aromatic rings. The minimum atomic E-state index is -0.578. The van der Waals surface area contributed by atoms with Gasteiger partial charge in [0.05, 0.1) is 10.5 Å². The minimum absolute atomic E-state index is 0.0316. The molecule has 0 radical (unpaired) electrons. The summed E-state index contributed by atoms with van der Waals surface area (Å²) in [6, 6.07) is 16.7. The molecular weight excluding hydrogens is 414 g/mol. The highest BCUT2D eigenvalue weighted by Crippen LogP contribution is 2.20. The molecule has 0 aliphatic rings. The number of carbonyl (C=O) groups is 1. The molecule has 0 aliphatic heterocycles. The van der Waals surface area contributed by atoms with E-state index in [0.29, 0.717) is 17.3 Å². The smallest absolute Gasteiger partial charge is 0.280 e. The molecular formula is C20H14BrNO5. The molecule has 1 aromatic heterocycles. The fraction of sp³-hybridized carbons (Fsp3) is 0.0500. The van der Waals surface area contributed by atoms with Gasteiger partial charge >= 0.3 is 0 Å². The molecule has 0 spiro atoms. The van der Waals surface area contributed by atoms with Crippen molar-refractivity contribution in [2.24, 2.45) is 0 Å². The van der Waals surface area contributed by atoms with E-state index in [1.165, 1.54) is 30.4 Å². The van der Waals surface area contributed by atoms with Crippen molar-refractivity contribution in [2.75, 3.05) is 0 Å². The molecule has 0 unspecified atom stereocenters. The van der Waals surface area contributed by atoms with Crippen molar-refractivity contribution < 1.29 is 18.9 Å². The third-order valence-electron chi connectivity index (χ3n) is 3.64. The zero-order valence-corrected chi connectivity index (χ0v) is 15.6. The highest BCUT2D eigenvalue weighted by Gasteiger charge is 2.17. The van der Waals surface area contributed by atoms with Gasteiger partial charge in [-0.2, -0.15) is 0 Å². The number of nitrogens with zero attached hydrogens (tertiary/aromatic N) is 1. The molecule has 2 aromatic carbocycles. The fourth-order valence-electron chi connectivity index (χ4n) is 2.34. The monoisotopic (exact) mass is 427 g/mol. The Labute approximate surface area is 163 Å². The van der Waals surface area contributed by atoms with E-state index < -0.39 is 10.7 Å². The molecule has 7 heteroatoms. The van der Waals surface area contributed by atoms with Crippen LogP contribution in [0.25, 0.3) is 6.08 Å². The molecule has 136 valence electrons. The average Bonchev–Trinajstić information content (AvgIpc) is 3.13. The van der Waals surface area contributed by atoms with Crippen LogP contribution in [-0.2, 0) is 6.61 Å². The molecule has 0 fully saturated rings. The van der Waals surface area contributed by atoms with Crippen LogP contribution in [0.3, 0.4) is 0 Å². The van der Waals surface area contributed by atoms with Crippen molar-refractivity contribution in [3.63, 3.8) is 0 Å². The van der Waals surface area contributed by atoms with Crippen LogP contribution in [0.2, 0.25) is 0 Å². The lowest BCUT2D eigenvalue weighted by Gasteiger charge is -2.03. The predicted octanol–water partition coefficient (Wildman–Crippen LogP) is 5.43. The maximum Gasteiger partial charge on any atom is 0.280 e. The summed E-state index contributed by atoms with van der Waals surface area (Å²) in [5.74, 6) is 1.29. The summed E-state index contributed by atoms with van der Waals surface area (Å²) in [4.78, 5) is 22.7. The first-order valence-electron chi connectivity index (χ1n) is 7.96. The summed E-state index contributed by atoms with van der Waals surface area (Å²) in [6.45, 7) is 0.244. The summed E-state index contributed by atoms with van der Waals surface area (Å²) in [5, 5.41) is 11.0. The van der Waals surface area contributed by atoms with Gasteiger partial charge in [-0.15, -0.1) is 0 Å². The number of halogens is 1. The van der Waals surface area contributed by atoms with Crippen molar-refractivity contribution in [1.29, 1.82) is 0 Å². The highest BCUT2D eigenvalue weighted by molar-refractivity contribution is 9.10. The third kappa shape index (κ3) is 4.92. The lowest BCUT2D eigenvalue weighted by molar-refractivity contribution is -0.385. The second kappa shape index (κ2) is 8.46. The van der Waals surface area contributed by atoms with Gasteiger partial charge in [-0.25, -0.2) is 0 Å². The number of allylic oxidation sites excluding steroid dienone is 1. The number of para-hydroxylation sites is 1. The highest BCUT2D eigenvalue weighted by atomic mass is 79.9. The second-order valence-corrected chi connectivity index (χ2v) is 6.43. The fourth-order valence-corrected chi connectivity index (χ4v) is 2.60. The first kappa shape index (κ1) is 18.6. The molecule has 0 aliphatic carbocycles. The van der Waals surface area contributed by atoms with Crippen molar-refractivity contribution in [3.8, 4) is 5.75 Å². The van der Waals surface area contributed by atoms with Gasteiger partial charge in [0.2, 0.25) is 0 Å². The molecule has 0 amide bonds. The van der Waals surface area contributed by atoms with Crippen molar-refractivity contribution in [3.05, 3.63) is 98.4 Å². The van der Waals surface area contributed by atoms with Crippen LogP contribution < -0.4 is 4.74 Å². The predicted molar refractivity (Wildman–Crippen MR) is 104 cm³/mol. The van der Waals surface area contributed by atoms with Gasteiger partial charge < -0.3 is 9.15 Å². The van der Waals surface area contributed by atoms with E-state index in [0.717, 1.165) is 4.47 Å². The largest absolute Gasteiger partial charge is 0.486 e. The SMILES string of the molecule is O=C(/C=C/c1ccc(COc2ccc(Br)cc2)o1)c1ccccc1[N+](=O)[O-]. The minimum Gasteiger partial charge on any atom is -0.486 e. The summed E-state index contributed by atoms with van der Waals surface area (Å²) < 4.78 is 12.2. The van der Waals surface area contributed by atoms with E-state index in [1.54, 1.807) is 18.2 Å². The Balaban J connectivity index is 1.64. The Morgan fingerprint density at radius 2 is 1.85 bits per heavy atom. The number of ether oxygens (including phenoxy) is 1. The molecule has 1 heterocycles. The molecule has 0 saturated carbocycles. The van der Waals surface area contributed by atoms with E-state index >= 15 is 0 Å². The first-order valence-corrected chi connectivity index (χ1v) is 8.75. The van der Waals surface area contributed by atoms with Crippen LogP contribution in [0.15, 0.2) is 75.6 Å². The number of hydrogen-bond donors (Lipinski definition) is 0. The van der Waals surface area contributed by atoms with E-state index in [4.69, 9.17) is 9.15 Å². The molecule has 6 nitrogen and oxygen atoms in total. The van der Waals surface area contributed by atoms with Crippen LogP contribution in [0.4, 0.5) is 5.69 Å². The number of hydrogen-bond acceptors (Lipinski definition) is 5. The van der Waals surface area contributed by atoms with E-state index in [-0.39, 0.29) is 17.9 Å². The Kier molecular flexibility index (Phi) is 5.83. The van der Waals surface area contributed by atoms with Gasteiger partial charge in [0.25, 0.3) is 5.69 Å². The van der Waals surface area contributed by atoms with Gasteiger partial charge in [0, 0.05) is 10.5 Å². The Hall–Kier alpha value is -3.19. The average molecular weight is 428 g/mol. The second-order valence-electron chi connectivity index (χ2n) is 5.52. The van der Waals surface area contributed by atoms with Crippen LogP contribution in [0.5, 0.6) is 5.75 Å². The number of carbonyl (C=O) groups excluding carboxylic acids is 1. The van der Waals surface area contributed by atoms with Gasteiger partial charge in [-0.1, -0.05) is 28.1 Å². The number of benzene rings is 2. The number of nitro groups is 1. The van der Waals surface area contributed by atoms with Crippen molar-refractivity contribution in [1.82, 2.24) is 0 Å². The lowest BCUT2D eigenvalue weighted by Crippen LogP contribution is -2.00. The van der Waals surface area contributed by atoms with Crippen LogP contribution in [0, 0.1) is 10.1 Å². The summed E-state index contributed by atoms with van der Waals surface area (Å²) in [5.41, 5.74) is -0.195. The molecule has 3 rings (SSSR count). The van der Waals surface area contributed by atoms with Crippen LogP contribution in [-0.4, -0.2) is 10.7 Å². The molecule has 0 saturated heterocycles. The number of nitro benzene ring substituents is 1. The normalized spacial score (nSPS) is 10.9. The zero-order valence-electron chi connectivity index (χ0n) is 14.0. The molecule has 0 atom stereocenters. The number of rotatable bonds is 7. The Morgan fingerprint density at radius 3 is 2.59 bits per heavy atom. The lowest BCUT2D eigenvalue weighted by atomic mass is 10.1. The maximum absolute atomic E-state index is 12.2. The van der Waals surface area contributed by atoms with Gasteiger partial charge in [0.1, 0.15) is 23.9 Å². The Bertz CT molecular complexity index is 992. The third-order valence-corrected chi connectivity index (χ3v) is 4.17. The molecule has 0 bridgehead atoms. The van der Waals surface area contributed by atoms with Gasteiger partial charge in [-0.05, 0) is 54.6 Å². The van der Waals surface area contributed by atoms with Crippen LogP contribution >= 0.6 is 15.9 Å². The van der Waals surface area contributed by atoms with Gasteiger partial charge in [0.15, 0.2) is 5.78 Å². The first-order chi connectivity index (χ1) is 13.0. The standard InChI is InChI=1S/C20H14BrNO5/c21-14-5-7-15(8-6-14)26-13-17-10-9-16(27-17)11-12-20(23)18-3-1-2-4-19(18)22(24)25/h1-12H,13H2/b12-11+. The molecule has 27 heavy (non-hydrogen) atoms.